The van der Waals surface area contributed by atoms with Crippen LogP contribution < -0.4 is 4.74 Å². The number of rotatable bonds is 4. The maximum absolute atomic E-state index is 14.3. The number of nitrogens with zero attached hydrogens (tertiary/aromatic N) is 4. The lowest BCUT2D eigenvalue weighted by Crippen LogP contribution is -2.60. The zero-order chi connectivity index (χ0) is 24.8. The van der Waals surface area contributed by atoms with E-state index in [1.54, 1.807) is 0 Å². The third kappa shape index (κ3) is 5.79. The normalized spacial score (nSPS) is 21.9. The molecule has 0 aliphatic carbocycles. The SMILES string of the molecule is Cn1cnc(CN2CCOC3(CCCCc4ccccc4OCCN(Cc4ccccc4)C3=O)C2)c1. The Labute approximate surface area is 213 Å². The molecule has 2 aliphatic rings. The number of benzene rings is 2. The lowest BCUT2D eigenvalue weighted by atomic mass is 9.90. The quantitative estimate of drug-likeness (QED) is 0.559. The van der Waals surface area contributed by atoms with Gasteiger partial charge >= 0.3 is 0 Å². The van der Waals surface area contributed by atoms with Gasteiger partial charge in [-0.05, 0) is 42.9 Å². The molecule has 1 atom stereocenters. The third-order valence-electron chi connectivity index (χ3n) is 7.17. The maximum Gasteiger partial charge on any atom is 0.256 e. The summed E-state index contributed by atoms with van der Waals surface area (Å²) in [6.45, 7) is 4.12. The van der Waals surface area contributed by atoms with Crippen LogP contribution in [0.3, 0.4) is 0 Å². The van der Waals surface area contributed by atoms with E-state index in [-0.39, 0.29) is 5.91 Å². The number of carbonyl (C=O) groups is 1. The summed E-state index contributed by atoms with van der Waals surface area (Å²) in [6, 6.07) is 18.4. The summed E-state index contributed by atoms with van der Waals surface area (Å²) in [7, 11) is 1.98. The summed E-state index contributed by atoms with van der Waals surface area (Å²) in [5.41, 5.74) is 2.49. The van der Waals surface area contributed by atoms with Crippen molar-refractivity contribution in [1.29, 1.82) is 0 Å². The number of aromatic nitrogens is 2. The van der Waals surface area contributed by atoms with Crippen LogP contribution in [-0.2, 0) is 36.1 Å². The van der Waals surface area contributed by atoms with Gasteiger partial charge in [-0.2, -0.15) is 0 Å². The second-order valence-electron chi connectivity index (χ2n) is 9.96. The van der Waals surface area contributed by atoms with E-state index in [4.69, 9.17) is 9.47 Å². The summed E-state index contributed by atoms with van der Waals surface area (Å²) in [5.74, 6) is 0.991. The Morgan fingerprint density at radius 1 is 0.972 bits per heavy atom. The molecule has 1 amide bonds. The van der Waals surface area contributed by atoms with Crippen molar-refractivity contribution < 1.29 is 14.3 Å². The van der Waals surface area contributed by atoms with E-state index in [0.717, 1.165) is 42.8 Å². The first-order valence-corrected chi connectivity index (χ1v) is 13.0. The van der Waals surface area contributed by atoms with Crippen LogP contribution in [0.25, 0.3) is 0 Å². The fourth-order valence-electron chi connectivity index (χ4n) is 5.34. The number of amides is 1. The standard InChI is InChI=1S/C29H36N4O3/c1-31-20-26(30-23-31)21-32-15-18-36-29(22-32)14-8-7-12-25-11-5-6-13-27(25)35-17-16-33(28(29)34)19-24-9-3-2-4-10-24/h2-6,9-11,13,20,23H,7-8,12,14-19,21-22H2,1H3. The van der Waals surface area contributed by atoms with E-state index < -0.39 is 5.60 Å². The molecule has 1 aromatic heterocycles. The number of hydrogen-bond acceptors (Lipinski definition) is 5. The summed E-state index contributed by atoms with van der Waals surface area (Å²) in [5, 5.41) is 0. The largest absolute Gasteiger partial charge is 0.491 e. The average Bonchev–Trinajstić information content (AvgIpc) is 3.31. The summed E-state index contributed by atoms with van der Waals surface area (Å²) >= 11 is 0. The molecule has 3 heterocycles. The zero-order valence-corrected chi connectivity index (χ0v) is 21.1. The smallest absolute Gasteiger partial charge is 0.256 e. The molecule has 36 heavy (non-hydrogen) atoms. The van der Waals surface area contributed by atoms with Crippen LogP contribution in [0, 0.1) is 0 Å². The van der Waals surface area contributed by atoms with E-state index in [0.29, 0.717) is 45.8 Å². The summed E-state index contributed by atoms with van der Waals surface area (Å²) in [6.07, 6.45) is 7.41. The van der Waals surface area contributed by atoms with E-state index in [2.05, 4.69) is 34.1 Å². The molecule has 7 nitrogen and oxygen atoms in total. The fourth-order valence-corrected chi connectivity index (χ4v) is 5.34. The van der Waals surface area contributed by atoms with E-state index >= 15 is 0 Å². The fraction of sp³-hybridized carbons (Fsp3) is 0.448. The van der Waals surface area contributed by atoms with Crippen LogP contribution in [0.4, 0.5) is 0 Å². The van der Waals surface area contributed by atoms with Crippen molar-refractivity contribution in [2.45, 2.75) is 44.4 Å². The van der Waals surface area contributed by atoms with Gasteiger partial charge in [0.2, 0.25) is 0 Å². The number of carbonyl (C=O) groups excluding carboxylic acids is 1. The molecule has 1 spiro atoms. The van der Waals surface area contributed by atoms with Gasteiger partial charge in [-0.1, -0.05) is 48.5 Å². The van der Waals surface area contributed by atoms with E-state index in [1.807, 2.05) is 59.4 Å². The van der Waals surface area contributed by atoms with Crippen molar-refractivity contribution in [1.82, 2.24) is 19.4 Å². The van der Waals surface area contributed by atoms with Crippen molar-refractivity contribution >= 4 is 5.91 Å². The number of fused-ring (bicyclic) bond motifs is 1. The Morgan fingerprint density at radius 2 is 1.81 bits per heavy atom. The van der Waals surface area contributed by atoms with Crippen molar-refractivity contribution in [2.24, 2.45) is 7.05 Å². The Balaban J connectivity index is 1.41. The number of imidazole rings is 1. The lowest BCUT2D eigenvalue weighted by molar-refractivity contribution is -0.174. The van der Waals surface area contributed by atoms with Crippen LogP contribution in [0.1, 0.15) is 36.1 Å². The first-order chi connectivity index (χ1) is 17.6. The van der Waals surface area contributed by atoms with Crippen molar-refractivity contribution in [3.8, 4) is 5.75 Å². The summed E-state index contributed by atoms with van der Waals surface area (Å²) < 4.78 is 14.6. The van der Waals surface area contributed by atoms with Gasteiger partial charge in [0.1, 0.15) is 12.4 Å². The highest BCUT2D eigenvalue weighted by atomic mass is 16.5. The average molecular weight is 489 g/mol. The molecule has 0 N–H and O–H groups in total. The number of hydrogen-bond donors (Lipinski definition) is 0. The molecule has 3 aromatic rings. The molecule has 190 valence electrons. The highest BCUT2D eigenvalue weighted by molar-refractivity contribution is 5.86. The van der Waals surface area contributed by atoms with Crippen molar-refractivity contribution in [3.05, 3.63) is 83.9 Å². The topological polar surface area (TPSA) is 59.8 Å². The molecule has 1 unspecified atom stereocenters. The first kappa shape index (κ1) is 24.5. The van der Waals surface area contributed by atoms with Crippen LogP contribution in [0.15, 0.2) is 67.1 Å². The molecule has 1 fully saturated rings. The molecule has 0 saturated carbocycles. The minimum absolute atomic E-state index is 0.0644. The Kier molecular flexibility index (Phi) is 7.68. The number of aryl methyl sites for hydroxylation is 2. The highest BCUT2D eigenvalue weighted by Gasteiger charge is 2.45. The van der Waals surface area contributed by atoms with Gasteiger partial charge in [0.25, 0.3) is 5.91 Å². The van der Waals surface area contributed by atoms with Gasteiger partial charge in [0.05, 0.1) is 25.2 Å². The minimum atomic E-state index is -0.861. The van der Waals surface area contributed by atoms with Gasteiger partial charge in [-0.15, -0.1) is 0 Å². The van der Waals surface area contributed by atoms with Crippen LogP contribution in [-0.4, -0.2) is 63.7 Å². The molecule has 1 saturated heterocycles. The lowest BCUT2D eigenvalue weighted by Gasteiger charge is -2.44. The summed E-state index contributed by atoms with van der Waals surface area (Å²) in [4.78, 5) is 23.1. The molecule has 0 bridgehead atoms. The molecular weight excluding hydrogens is 452 g/mol. The minimum Gasteiger partial charge on any atom is -0.491 e. The molecular formula is C29H36N4O3. The van der Waals surface area contributed by atoms with Gasteiger partial charge in [-0.3, -0.25) is 9.69 Å². The first-order valence-electron chi connectivity index (χ1n) is 13.0. The van der Waals surface area contributed by atoms with Crippen LogP contribution in [0.2, 0.25) is 0 Å². The van der Waals surface area contributed by atoms with Gasteiger partial charge in [0, 0.05) is 39.4 Å². The second-order valence-corrected chi connectivity index (χ2v) is 9.96. The maximum atomic E-state index is 14.3. The molecule has 0 radical (unpaired) electrons. The predicted molar refractivity (Wildman–Crippen MR) is 139 cm³/mol. The van der Waals surface area contributed by atoms with Crippen LogP contribution in [0.5, 0.6) is 5.75 Å². The molecule has 2 aliphatic heterocycles. The van der Waals surface area contributed by atoms with E-state index in [1.165, 1.54) is 5.56 Å². The molecule has 5 rings (SSSR count). The number of morpholine rings is 1. The van der Waals surface area contributed by atoms with Gasteiger partial charge in [-0.25, -0.2) is 4.98 Å². The second kappa shape index (κ2) is 11.3. The van der Waals surface area contributed by atoms with Gasteiger partial charge < -0.3 is 18.9 Å². The van der Waals surface area contributed by atoms with E-state index in [9.17, 15) is 4.79 Å². The molecule has 2 aromatic carbocycles. The third-order valence-corrected chi connectivity index (χ3v) is 7.17. The predicted octanol–water partition coefficient (Wildman–Crippen LogP) is 3.83. The van der Waals surface area contributed by atoms with Crippen molar-refractivity contribution in [2.75, 3.05) is 32.8 Å². The highest BCUT2D eigenvalue weighted by Crippen LogP contribution is 2.30. The van der Waals surface area contributed by atoms with Gasteiger partial charge in [0.15, 0.2) is 5.60 Å². The van der Waals surface area contributed by atoms with Crippen LogP contribution >= 0.6 is 0 Å². The Bertz CT molecular complexity index is 1150. The number of para-hydroxylation sites is 1. The number of ether oxygens (including phenoxy) is 2. The Morgan fingerprint density at radius 3 is 2.64 bits per heavy atom. The Hall–Kier alpha value is -3.16. The zero-order valence-electron chi connectivity index (χ0n) is 21.1. The monoisotopic (exact) mass is 488 g/mol. The van der Waals surface area contributed by atoms with Crippen molar-refractivity contribution in [3.63, 3.8) is 0 Å². The molecule has 7 heteroatoms.